The topological polar surface area (TPSA) is 55.6 Å². The van der Waals surface area contributed by atoms with Crippen LogP contribution in [-0.4, -0.2) is 37.6 Å². The number of para-hydroxylation sites is 1. The maximum absolute atomic E-state index is 11.7. The summed E-state index contributed by atoms with van der Waals surface area (Å²) in [6.45, 7) is 3.27. The molecule has 0 radical (unpaired) electrons. The number of hydrogen-bond acceptors (Lipinski definition) is 3. The highest BCUT2D eigenvalue weighted by Crippen LogP contribution is 2.08. The van der Waals surface area contributed by atoms with Gasteiger partial charge in [0.05, 0.1) is 6.54 Å². The third-order valence-corrected chi connectivity index (χ3v) is 2.59. The van der Waals surface area contributed by atoms with Crippen LogP contribution in [0.3, 0.4) is 0 Å². The average Bonchev–Trinajstić information content (AvgIpc) is 2.38. The lowest BCUT2D eigenvalue weighted by atomic mass is 10.1. The maximum Gasteiger partial charge on any atom is 0.226 e. The van der Waals surface area contributed by atoms with Crippen molar-refractivity contribution in [3.05, 3.63) is 30.3 Å². The normalized spacial score (nSPS) is 11.9. The minimum Gasteiger partial charge on any atom is -0.492 e. The lowest BCUT2D eigenvalue weighted by molar-refractivity contribution is -0.133. The van der Waals surface area contributed by atoms with Crippen LogP contribution in [0.1, 0.15) is 6.92 Å². The van der Waals surface area contributed by atoms with Crippen LogP contribution in [-0.2, 0) is 4.79 Å². The number of benzene rings is 1. The fourth-order valence-corrected chi connectivity index (χ4v) is 1.40. The van der Waals surface area contributed by atoms with Crippen molar-refractivity contribution in [3.63, 3.8) is 0 Å². The SMILES string of the molecule is CC(CN)C(=O)N(C)CCOc1ccccc1. The highest BCUT2D eigenvalue weighted by molar-refractivity contribution is 5.78. The van der Waals surface area contributed by atoms with Gasteiger partial charge in [-0.3, -0.25) is 4.79 Å². The number of carbonyl (C=O) groups is 1. The van der Waals surface area contributed by atoms with E-state index in [4.69, 9.17) is 10.5 Å². The first kappa shape index (κ1) is 13.5. The Kier molecular flexibility index (Phi) is 5.49. The molecular weight excluding hydrogens is 216 g/mol. The van der Waals surface area contributed by atoms with Crippen LogP contribution in [0.5, 0.6) is 5.75 Å². The first-order valence-electron chi connectivity index (χ1n) is 5.78. The summed E-state index contributed by atoms with van der Waals surface area (Å²) in [5, 5.41) is 0. The van der Waals surface area contributed by atoms with E-state index in [-0.39, 0.29) is 11.8 Å². The zero-order valence-corrected chi connectivity index (χ0v) is 10.4. The number of amides is 1. The minimum atomic E-state index is -0.128. The molecule has 1 amide bonds. The van der Waals surface area contributed by atoms with Crippen molar-refractivity contribution in [1.82, 2.24) is 4.90 Å². The summed E-state index contributed by atoms with van der Waals surface area (Å²) in [6.07, 6.45) is 0. The van der Waals surface area contributed by atoms with Gasteiger partial charge >= 0.3 is 0 Å². The van der Waals surface area contributed by atoms with Crippen LogP contribution in [0.25, 0.3) is 0 Å². The molecule has 4 heteroatoms. The van der Waals surface area contributed by atoms with Gasteiger partial charge in [-0.25, -0.2) is 0 Å². The summed E-state index contributed by atoms with van der Waals surface area (Å²) in [4.78, 5) is 13.4. The molecule has 0 saturated heterocycles. The van der Waals surface area contributed by atoms with Crippen molar-refractivity contribution >= 4 is 5.91 Å². The third kappa shape index (κ3) is 4.44. The number of carbonyl (C=O) groups excluding carboxylic acids is 1. The molecule has 0 heterocycles. The molecule has 0 aliphatic heterocycles. The summed E-state index contributed by atoms with van der Waals surface area (Å²) in [6, 6.07) is 9.56. The number of ether oxygens (including phenoxy) is 1. The lowest BCUT2D eigenvalue weighted by Gasteiger charge is -2.20. The van der Waals surface area contributed by atoms with Gasteiger partial charge < -0.3 is 15.4 Å². The Labute approximate surface area is 102 Å². The van der Waals surface area contributed by atoms with Gasteiger partial charge in [-0.15, -0.1) is 0 Å². The molecule has 1 rings (SSSR count). The van der Waals surface area contributed by atoms with Crippen LogP contribution in [0.4, 0.5) is 0 Å². The van der Waals surface area contributed by atoms with Gasteiger partial charge in [-0.1, -0.05) is 25.1 Å². The van der Waals surface area contributed by atoms with Crippen molar-refractivity contribution in [2.45, 2.75) is 6.92 Å². The first-order chi connectivity index (χ1) is 8.15. The van der Waals surface area contributed by atoms with Crippen LogP contribution in [0.15, 0.2) is 30.3 Å². The van der Waals surface area contributed by atoms with Crippen molar-refractivity contribution in [3.8, 4) is 5.75 Å². The van der Waals surface area contributed by atoms with Gasteiger partial charge in [0.25, 0.3) is 0 Å². The fraction of sp³-hybridized carbons (Fsp3) is 0.462. The predicted octanol–water partition coefficient (Wildman–Crippen LogP) is 1.12. The Morgan fingerprint density at radius 3 is 2.65 bits per heavy atom. The zero-order valence-electron chi connectivity index (χ0n) is 10.4. The monoisotopic (exact) mass is 236 g/mol. The summed E-state index contributed by atoms with van der Waals surface area (Å²) in [5.74, 6) is 0.751. The molecule has 0 bridgehead atoms. The molecule has 0 aliphatic rings. The molecule has 17 heavy (non-hydrogen) atoms. The largest absolute Gasteiger partial charge is 0.492 e. The van der Waals surface area contributed by atoms with Crippen LogP contribution in [0.2, 0.25) is 0 Å². The zero-order chi connectivity index (χ0) is 12.7. The fourth-order valence-electron chi connectivity index (χ4n) is 1.40. The highest BCUT2D eigenvalue weighted by atomic mass is 16.5. The van der Waals surface area contributed by atoms with E-state index in [2.05, 4.69) is 0 Å². The molecular formula is C13H20N2O2. The van der Waals surface area contributed by atoms with Gasteiger partial charge in [-0.05, 0) is 12.1 Å². The summed E-state index contributed by atoms with van der Waals surface area (Å²) in [7, 11) is 1.77. The predicted molar refractivity (Wildman–Crippen MR) is 67.8 cm³/mol. The van der Waals surface area contributed by atoms with Gasteiger partial charge in [0.2, 0.25) is 5.91 Å². The van der Waals surface area contributed by atoms with E-state index >= 15 is 0 Å². The Balaban J connectivity index is 2.29. The van der Waals surface area contributed by atoms with Gasteiger partial charge in [0.1, 0.15) is 12.4 Å². The molecule has 2 N–H and O–H groups in total. The van der Waals surface area contributed by atoms with Crippen LogP contribution >= 0.6 is 0 Å². The summed E-state index contributed by atoms with van der Waals surface area (Å²) >= 11 is 0. The number of nitrogens with two attached hydrogens (primary N) is 1. The molecule has 0 saturated carbocycles. The van der Waals surface area contributed by atoms with Crippen molar-refractivity contribution < 1.29 is 9.53 Å². The summed E-state index contributed by atoms with van der Waals surface area (Å²) < 4.78 is 5.52. The van der Waals surface area contributed by atoms with E-state index in [0.717, 1.165) is 5.75 Å². The van der Waals surface area contributed by atoms with E-state index in [1.54, 1.807) is 11.9 Å². The van der Waals surface area contributed by atoms with Gasteiger partial charge in [0.15, 0.2) is 0 Å². The molecule has 0 aromatic heterocycles. The quantitative estimate of drug-likeness (QED) is 0.805. The van der Waals surface area contributed by atoms with Crippen LogP contribution < -0.4 is 10.5 Å². The van der Waals surface area contributed by atoms with E-state index in [0.29, 0.717) is 19.7 Å². The van der Waals surface area contributed by atoms with E-state index in [9.17, 15) is 4.79 Å². The number of likely N-dealkylation sites (N-methyl/N-ethyl adjacent to an activating group) is 1. The van der Waals surface area contributed by atoms with E-state index in [1.807, 2.05) is 37.3 Å². The second-order valence-corrected chi connectivity index (χ2v) is 4.06. The smallest absolute Gasteiger partial charge is 0.226 e. The Morgan fingerprint density at radius 2 is 2.06 bits per heavy atom. The van der Waals surface area contributed by atoms with E-state index < -0.39 is 0 Å². The average molecular weight is 236 g/mol. The Hall–Kier alpha value is -1.55. The standard InChI is InChI=1S/C13H20N2O2/c1-11(10-14)13(16)15(2)8-9-17-12-6-4-3-5-7-12/h3-7,11H,8-10,14H2,1-2H3. The molecule has 4 nitrogen and oxygen atoms in total. The Morgan fingerprint density at radius 1 is 1.41 bits per heavy atom. The molecule has 1 unspecified atom stereocenters. The van der Waals surface area contributed by atoms with Crippen molar-refractivity contribution in [1.29, 1.82) is 0 Å². The molecule has 0 fully saturated rings. The third-order valence-electron chi connectivity index (χ3n) is 2.59. The molecule has 0 aliphatic carbocycles. The number of rotatable bonds is 6. The number of nitrogens with zero attached hydrogens (tertiary/aromatic N) is 1. The highest BCUT2D eigenvalue weighted by Gasteiger charge is 2.15. The Bertz CT molecular complexity index is 341. The lowest BCUT2D eigenvalue weighted by Crippen LogP contribution is -2.37. The minimum absolute atomic E-state index is 0.0594. The first-order valence-corrected chi connectivity index (χ1v) is 5.78. The summed E-state index contributed by atoms with van der Waals surface area (Å²) in [5.41, 5.74) is 5.45. The molecule has 1 atom stereocenters. The van der Waals surface area contributed by atoms with Gasteiger partial charge in [0, 0.05) is 19.5 Å². The molecule has 1 aromatic rings. The van der Waals surface area contributed by atoms with Crippen molar-refractivity contribution in [2.75, 3.05) is 26.7 Å². The molecule has 1 aromatic carbocycles. The molecule has 0 spiro atoms. The number of hydrogen-bond donors (Lipinski definition) is 1. The van der Waals surface area contributed by atoms with Crippen LogP contribution in [0, 0.1) is 5.92 Å². The van der Waals surface area contributed by atoms with Gasteiger partial charge in [-0.2, -0.15) is 0 Å². The second-order valence-electron chi connectivity index (χ2n) is 4.06. The molecule has 94 valence electrons. The van der Waals surface area contributed by atoms with Crippen molar-refractivity contribution in [2.24, 2.45) is 11.7 Å². The van der Waals surface area contributed by atoms with E-state index in [1.165, 1.54) is 0 Å². The maximum atomic E-state index is 11.7. The second kappa shape index (κ2) is 6.91.